The van der Waals surface area contributed by atoms with Crippen LogP contribution in [0.2, 0.25) is 0 Å². The Kier molecular flexibility index (Phi) is 5.52. The number of hydrogen-bond acceptors (Lipinski definition) is 4. The van der Waals surface area contributed by atoms with E-state index in [1.165, 1.54) is 34.7 Å². The maximum atomic E-state index is 13.9. The van der Waals surface area contributed by atoms with Gasteiger partial charge in [0.2, 0.25) is 0 Å². The van der Waals surface area contributed by atoms with Crippen LogP contribution in [-0.2, 0) is 22.9 Å². The van der Waals surface area contributed by atoms with Gasteiger partial charge in [-0.05, 0) is 54.2 Å². The van der Waals surface area contributed by atoms with Gasteiger partial charge in [0.15, 0.2) is 11.6 Å². The Labute approximate surface area is 193 Å². The standard InChI is InChI=1S/C26H26FNO4S/c1-17-14-19-6-3-4-8-22(19)26(17)32-20-10-9-18-7-5-13-28(24(18)15-20)33(29,30)21-11-12-23(27)25(16-21)31-2/h3-4,6,8-12,15-17,26H,5,7,13-14H2,1-2H3/t17-,26+/m0/s1. The van der Waals surface area contributed by atoms with Crippen LogP contribution in [0, 0.1) is 11.7 Å². The number of hydrogen-bond donors (Lipinski definition) is 0. The van der Waals surface area contributed by atoms with E-state index in [4.69, 9.17) is 9.47 Å². The van der Waals surface area contributed by atoms with E-state index in [1.54, 1.807) is 0 Å². The molecular weight excluding hydrogens is 441 g/mol. The van der Waals surface area contributed by atoms with Crippen molar-refractivity contribution in [1.82, 2.24) is 0 Å². The van der Waals surface area contributed by atoms with Crippen LogP contribution in [-0.4, -0.2) is 22.1 Å². The Hall–Kier alpha value is -3.06. The van der Waals surface area contributed by atoms with Gasteiger partial charge in [0.25, 0.3) is 10.0 Å². The van der Waals surface area contributed by atoms with Crippen LogP contribution in [0.4, 0.5) is 10.1 Å². The molecule has 7 heteroatoms. The molecule has 5 rings (SSSR count). The maximum Gasteiger partial charge on any atom is 0.264 e. The highest BCUT2D eigenvalue weighted by Gasteiger charge is 2.33. The topological polar surface area (TPSA) is 55.8 Å². The van der Waals surface area contributed by atoms with Crippen molar-refractivity contribution >= 4 is 15.7 Å². The molecule has 0 N–H and O–H groups in total. The van der Waals surface area contributed by atoms with E-state index < -0.39 is 15.8 Å². The molecule has 172 valence electrons. The van der Waals surface area contributed by atoms with Gasteiger partial charge in [0, 0.05) is 24.6 Å². The van der Waals surface area contributed by atoms with Gasteiger partial charge in [-0.2, -0.15) is 0 Å². The first-order valence-electron chi connectivity index (χ1n) is 11.1. The van der Waals surface area contributed by atoms with Gasteiger partial charge in [-0.25, -0.2) is 12.8 Å². The lowest BCUT2D eigenvalue weighted by atomic mass is 10.0. The van der Waals surface area contributed by atoms with E-state index in [0.717, 1.165) is 24.5 Å². The summed E-state index contributed by atoms with van der Waals surface area (Å²) in [6.45, 7) is 2.52. The second-order valence-electron chi connectivity index (χ2n) is 8.69. The minimum atomic E-state index is -3.90. The van der Waals surface area contributed by atoms with E-state index in [0.29, 0.717) is 30.3 Å². The predicted molar refractivity (Wildman–Crippen MR) is 125 cm³/mol. The highest BCUT2D eigenvalue weighted by atomic mass is 32.2. The fraction of sp³-hybridized carbons (Fsp3) is 0.308. The Morgan fingerprint density at radius 3 is 2.67 bits per heavy atom. The van der Waals surface area contributed by atoms with Gasteiger partial charge in [0.05, 0.1) is 17.7 Å². The van der Waals surface area contributed by atoms with Gasteiger partial charge < -0.3 is 9.47 Å². The number of methoxy groups -OCH3 is 1. The van der Waals surface area contributed by atoms with Crippen LogP contribution < -0.4 is 13.8 Å². The van der Waals surface area contributed by atoms with Crippen molar-refractivity contribution in [2.75, 3.05) is 18.0 Å². The van der Waals surface area contributed by atoms with Crippen LogP contribution in [0.25, 0.3) is 0 Å². The number of fused-ring (bicyclic) bond motifs is 2. The number of anilines is 1. The first kappa shape index (κ1) is 21.8. The monoisotopic (exact) mass is 467 g/mol. The zero-order valence-corrected chi connectivity index (χ0v) is 19.4. The Morgan fingerprint density at radius 1 is 1.03 bits per heavy atom. The van der Waals surface area contributed by atoms with Crippen molar-refractivity contribution in [3.05, 3.63) is 83.2 Å². The van der Waals surface area contributed by atoms with E-state index in [2.05, 4.69) is 19.1 Å². The molecule has 0 spiro atoms. The quantitative estimate of drug-likeness (QED) is 0.512. The molecule has 2 atom stereocenters. The summed E-state index contributed by atoms with van der Waals surface area (Å²) in [5.74, 6) is 0.266. The van der Waals surface area contributed by atoms with Crippen molar-refractivity contribution in [2.45, 2.75) is 37.2 Å². The van der Waals surface area contributed by atoms with E-state index in [9.17, 15) is 12.8 Å². The number of aryl methyl sites for hydroxylation is 1. The van der Waals surface area contributed by atoms with Gasteiger partial charge >= 0.3 is 0 Å². The summed E-state index contributed by atoms with van der Waals surface area (Å²) in [5.41, 5.74) is 4.04. The zero-order chi connectivity index (χ0) is 23.2. The Bertz CT molecular complexity index is 1310. The summed E-state index contributed by atoms with van der Waals surface area (Å²) in [4.78, 5) is -0.00161. The molecule has 0 aromatic heterocycles. The number of rotatable bonds is 5. The smallest absolute Gasteiger partial charge is 0.264 e. The lowest BCUT2D eigenvalue weighted by Gasteiger charge is -2.31. The molecule has 0 unspecified atom stereocenters. The minimum absolute atomic E-state index is 0.00161. The Balaban J connectivity index is 1.49. The molecule has 3 aromatic carbocycles. The predicted octanol–water partition coefficient (Wildman–Crippen LogP) is 5.29. The van der Waals surface area contributed by atoms with Gasteiger partial charge in [-0.15, -0.1) is 0 Å². The van der Waals surface area contributed by atoms with Crippen molar-refractivity contribution in [1.29, 1.82) is 0 Å². The fourth-order valence-corrected chi connectivity index (χ4v) is 6.40. The molecule has 5 nitrogen and oxygen atoms in total. The highest BCUT2D eigenvalue weighted by Crippen LogP contribution is 2.41. The summed E-state index contributed by atoms with van der Waals surface area (Å²) in [7, 11) is -2.58. The number of ether oxygens (including phenoxy) is 2. The van der Waals surface area contributed by atoms with Crippen LogP contribution >= 0.6 is 0 Å². The van der Waals surface area contributed by atoms with E-state index in [-0.39, 0.29) is 16.7 Å². The van der Waals surface area contributed by atoms with Crippen molar-refractivity contribution < 1.29 is 22.3 Å². The molecule has 1 aliphatic carbocycles. The summed E-state index contributed by atoms with van der Waals surface area (Å²) in [5, 5.41) is 0. The third-order valence-corrected chi connectivity index (χ3v) is 8.34. The van der Waals surface area contributed by atoms with E-state index in [1.807, 2.05) is 30.3 Å². The first-order chi connectivity index (χ1) is 15.9. The minimum Gasteiger partial charge on any atom is -0.494 e. The van der Waals surface area contributed by atoms with Gasteiger partial charge in [-0.1, -0.05) is 37.3 Å². The molecule has 0 amide bonds. The largest absolute Gasteiger partial charge is 0.494 e. The second-order valence-corrected chi connectivity index (χ2v) is 10.5. The summed E-state index contributed by atoms with van der Waals surface area (Å²) < 4.78 is 53.7. The molecular formula is C26H26FNO4S. The third kappa shape index (κ3) is 3.84. The summed E-state index contributed by atoms with van der Waals surface area (Å²) >= 11 is 0. The van der Waals surface area contributed by atoms with Crippen LogP contribution in [0.5, 0.6) is 11.5 Å². The second kappa shape index (κ2) is 8.37. The lowest BCUT2D eigenvalue weighted by molar-refractivity contribution is 0.159. The molecule has 0 bridgehead atoms. The Morgan fingerprint density at radius 2 is 1.85 bits per heavy atom. The van der Waals surface area contributed by atoms with E-state index >= 15 is 0 Å². The van der Waals surface area contributed by atoms with Gasteiger partial charge in [-0.3, -0.25) is 4.31 Å². The van der Waals surface area contributed by atoms with Crippen LogP contribution in [0.3, 0.4) is 0 Å². The van der Waals surface area contributed by atoms with Crippen molar-refractivity contribution in [2.24, 2.45) is 5.92 Å². The van der Waals surface area contributed by atoms with Crippen molar-refractivity contribution in [3.63, 3.8) is 0 Å². The molecule has 1 aliphatic heterocycles. The number of nitrogens with zero attached hydrogens (tertiary/aromatic N) is 1. The highest BCUT2D eigenvalue weighted by molar-refractivity contribution is 7.92. The SMILES string of the molecule is COc1cc(S(=O)(=O)N2CCCc3ccc(O[C@H]4c5ccccc5C[C@@H]4C)cc32)ccc1F. The summed E-state index contributed by atoms with van der Waals surface area (Å²) in [6.07, 6.45) is 2.38. The molecule has 0 saturated heterocycles. The van der Waals surface area contributed by atoms with Crippen LogP contribution in [0.1, 0.15) is 36.1 Å². The number of halogens is 1. The van der Waals surface area contributed by atoms with Crippen molar-refractivity contribution in [3.8, 4) is 11.5 Å². The average molecular weight is 468 g/mol. The normalized spacial score (nSPS) is 19.7. The molecule has 0 radical (unpaired) electrons. The molecule has 0 saturated carbocycles. The fourth-order valence-electron chi connectivity index (χ4n) is 4.86. The van der Waals surface area contributed by atoms with Crippen LogP contribution in [0.15, 0.2) is 65.6 Å². The summed E-state index contributed by atoms with van der Waals surface area (Å²) in [6, 6.07) is 17.6. The number of sulfonamides is 1. The number of benzene rings is 3. The molecule has 1 heterocycles. The first-order valence-corrected chi connectivity index (χ1v) is 12.6. The zero-order valence-electron chi connectivity index (χ0n) is 18.6. The molecule has 2 aliphatic rings. The maximum absolute atomic E-state index is 13.9. The average Bonchev–Trinajstić information content (AvgIpc) is 3.13. The molecule has 3 aromatic rings. The lowest BCUT2D eigenvalue weighted by Crippen LogP contribution is -2.35. The van der Waals surface area contributed by atoms with Gasteiger partial charge in [0.1, 0.15) is 11.9 Å². The molecule has 0 fully saturated rings. The third-order valence-electron chi connectivity index (χ3n) is 6.53. The molecule has 33 heavy (non-hydrogen) atoms.